The molecular formula is C19H19ClN2O5S. The number of halogens is 1. The number of benzene rings is 2. The quantitative estimate of drug-likeness (QED) is 0.736. The molecule has 0 fully saturated rings. The second-order valence-electron chi connectivity index (χ2n) is 5.90. The van der Waals surface area contributed by atoms with Crippen molar-refractivity contribution < 1.29 is 23.8 Å². The monoisotopic (exact) mass is 422 g/mol. The zero-order valence-corrected chi connectivity index (χ0v) is 17.1. The van der Waals surface area contributed by atoms with Gasteiger partial charge in [-0.3, -0.25) is 9.59 Å². The van der Waals surface area contributed by atoms with Crippen LogP contribution in [0.4, 0.5) is 11.4 Å². The summed E-state index contributed by atoms with van der Waals surface area (Å²) in [5.74, 6) is 0.736. The second-order valence-corrected chi connectivity index (χ2v) is 7.58. The molecule has 2 aromatic carbocycles. The highest BCUT2D eigenvalue weighted by atomic mass is 35.5. The number of ether oxygens (including phenoxy) is 3. The first-order chi connectivity index (χ1) is 13.4. The maximum atomic E-state index is 12.5. The molecule has 1 aliphatic heterocycles. The summed E-state index contributed by atoms with van der Waals surface area (Å²) in [5.41, 5.74) is 1.14. The molecule has 2 aromatic rings. The maximum absolute atomic E-state index is 12.5. The number of rotatable bonds is 6. The lowest BCUT2D eigenvalue weighted by Crippen LogP contribution is -2.32. The molecule has 7 nitrogen and oxygen atoms in total. The summed E-state index contributed by atoms with van der Waals surface area (Å²) in [6, 6.07) is 8.52. The molecule has 0 saturated carbocycles. The van der Waals surface area contributed by atoms with E-state index in [1.807, 2.05) is 6.07 Å². The van der Waals surface area contributed by atoms with Crippen LogP contribution in [0.2, 0.25) is 5.02 Å². The fourth-order valence-electron chi connectivity index (χ4n) is 2.79. The van der Waals surface area contributed by atoms with Crippen LogP contribution in [-0.2, 0) is 9.59 Å². The topological polar surface area (TPSA) is 85.9 Å². The molecule has 0 saturated heterocycles. The van der Waals surface area contributed by atoms with Crippen LogP contribution in [0.15, 0.2) is 35.2 Å². The van der Waals surface area contributed by atoms with E-state index in [1.54, 1.807) is 24.3 Å². The first kappa shape index (κ1) is 20.2. The van der Waals surface area contributed by atoms with Crippen molar-refractivity contribution >= 4 is 46.6 Å². The van der Waals surface area contributed by atoms with Crippen LogP contribution in [0.3, 0.4) is 0 Å². The van der Waals surface area contributed by atoms with Crippen LogP contribution >= 0.6 is 23.4 Å². The summed E-state index contributed by atoms with van der Waals surface area (Å²) in [5, 5.41) is 5.56. The predicted molar refractivity (Wildman–Crippen MR) is 109 cm³/mol. The van der Waals surface area contributed by atoms with E-state index in [0.29, 0.717) is 33.6 Å². The highest BCUT2D eigenvalue weighted by Crippen LogP contribution is 2.41. The van der Waals surface area contributed by atoms with Gasteiger partial charge in [-0.25, -0.2) is 0 Å². The fourth-order valence-corrected chi connectivity index (χ4v) is 4.05. The SMILES string of the molecule is COc1cc(NC(=O)CC2Sc3ccc(Cl)cc3NC2=O)cc(OC)c1OC. The Hall–Kier alpha value is -2.58. The van der Waals surface area contributed by atoms with Crippen LogP contribution in [0.25, 0.3) is 0 Å². The fraction of sp³-hybridized carbons (Fsp3) is 0.263. The Morgan fingerprint density at radius 3 is 2.43 bits per heavy atom. The summed E-state index contributed by atoms with van der Waals surface area (Å²) < 4.78 is 15.8. The molecule has 148 valence electrons. The summed E-state index contributed by atoms with van der Waals surface area (Å²) in [7, 11) is 4.49. The van der Waals surface area contributed by atoms with Crippen LogP contribution in [-0.4, -0.2) is 38.4 Å². The molecule has 28 heavy (non-hydrogen) atoms. The van der Waals surface area contributed by atoms with Gasteiger partial charge in [0.1, 0.15) is 0 Å². The van der Waals surface area contributed by atoms with E-state index < -0.39 is 5.25 Å². The molecular weight excluding hydrogens is 404 g/mol. The van der Waals surface area contributed by atoms with Crippen molar-refractivity contribution in [1.29, 1.82) is 0 Å². The summed E-state index contributed by atoms with van der Waals surface area (Å²) >= 11 is 7.29. The Labute approximate surface area is 171 Å². The summed E-state index contributed by atoms with van der Waals surface area (Å²) in [6.07, 6.45) is 0.00915. The minimum Gasteiger partial charge on any atom is -0.493 e. The Kier molecular flexibility index (Phi) is 6.21. The average molecular weight is 423 g/mol. The van der Waals surface area contributed by atoms with Crippen LogP contribution < -0.4 is 24.8 Å². The maximum Gasteiger partial charge on any atom is 0.238 e. The molecule has 0 bridgehead atoms. The lowest BCUT2D eigenvalue weighted by atomic mass is 10.2. The molecule has 1 atom stereocenters. The van der Waals surface area contributed by atoms with E-state index in [4.69, 9.17) is 25.8 Å². The molecule has 0 radical (unpaired) electrons. The number of carbonyl (C=O) groups excluding carboxylic acids is 2. The van der Waals surface area contributed by atoms with Gasteiger partial charge in [-0.2, -0.15) is 0 Å². The Morgan fingerprint density at radius 2 is 1.82 bits per heavy atom. The van der Waals surface area contributed by atoms with E-state index in [1.165, 1.54) is 33.1 Å². The number of fused-ring (bicyclic) bond motifs is 1. The third-order valence-electron chi connectivity index (χ3n) is 4.08. The van der Waals surface area contributed by atoms with Crippen LogP contribution in [0.5, 0.6) is 17.2 Å². The number of thioether (sulfide) groups is 1. The van der Waals surface area contributed by atoms with Crippen molar-refractivity contribution in [3.8, 4) is 17.2 Å². The number of nitrogens with one attached hydrogen (secondary N) is 2. The van der Waals surface area contributed by atoms with Crippen molar-refractivity contribution in [2.24, 2.45) is 0 Å². The molecule has 2 amide bonds. The van der Waals surface area contributed by atoms with Gasteiger partial charge in [0.2, 0.25) is 17.6 Å². The van der Waals surface area contributed by atoms with Crippen molar-refractivity contribution in [1.82, 2.24) is 0 Å². The zero-order valence-electron chi connectivity index (χ0n) is 15.5. The van der Waals surface area contributed by atoms with Gasteiger partial charge in [0.15, 0.2) is 11.5 Å². The summed E-state index contributed by atoms with van der Waals surface area (Å²) in [6.45, 7) is 0. The van der Waals surface area contributed by atoms with Gasteiger partial charge in [-0.1, -0.05) is 11.6 Å². The first-order valence-corrected chi connectivity index (χ1v) is 9.58. The first-order valence-electron chi connectivity index (χ1n) is 8.32. The lowest BCUT2D eigenvalue weighted by molar-refractivity contribution is -0.120. The molecule has 3 rings (SSSR count). The van der Waals surface area contributed by atoms with Gasteiger partial charge in [0.05, 0.1) is 32.3 Å². The number of hydrogen-bond acceptors (Lipinski definition) is 6. The number of methoxy groups -OCH3 is 3. The predicted octanol–water partition coefficient (Wildman–Crippen LogP) is 3.81. The van der Waals surface area contributed by atoms with Crippen molar-refractivity contribution in [3.63, 3.8) is 0 Å². The van der Waals surface area contributed by atoms with Gasteiger partial charge in [-0.05, 0) is 18.2 Å². The Balaban J connectivity index is 1.72. The minimum atomic E-state index is -0.546. The molecule has 1 aliphatic rings. The van der Waals surface area contributed by atoms with E-state index >= 15 is 0 Å². The van der Waals surface area contributed by atoms with Gasteiger partial charge in [0.25, 0.3) is 0 Å². The minimum absolute atomic E-state index is 0.00915. The zero-order chi connectivity index (χ0) is 20.3. The normalized spacial score (nSPS) is 15.3. The largest absolute Gasteiger partial charge is 0.493 e. The second kappa shape index (κ2) is 8.62. The van der Waals surface area contributed by atoms with E-state index in [-0.39, 0.29) is 18.2 Å². The van der Waals surface area contributed by atoms with Crippen molar-refractivity contribution in [2.75, 3.05) is 32.0 Å². The van der Waals surface area contributed by atoms with Gasteiger partial charge in [-0.15, -0.1) is 11.8 Å². The van der Waals surface area contributed by atoms with E-state index in [9.17, 15) is 9.59 Å². The third-order valence-corrected chi connectivity index (χ3v) is 5.59. The highest BCUT2D eigenvalue weighted by Gasteiger charge is 2.29. The lowest BCUT2D eigenvalue weighted by Gasteiger charge is -2.24. The molecule has 1 heterocycles. The standard InChI is InChI=1S/C19H19ClN2O5S/c1-25-13-7-11(8-14(26-2)18(13)27-3)21-17(23)9-16-19(24)22-12-6-10(20)4-5-15(12)28-16/h4-8,16H,9H2,1-3H3,(H,21,23)(H,22,24). The molecule has 1 unspecified atom stereocenters. The highest BCUT2D eigenvalue weighted by molar-refractivity contribution is 8.01. The molecule has 9 heteroatoms. The Morgan fingerprint density at radius 1 is 1.14 bits per heavy atom. The van der Waals surface area contributed by atoms with Crippen molar-refractivity contribution in [2.45, 2.75) is 16.6 Å². The number of carbonyl (C=O) groups is 2. The number of amides is 2. The number of anilines is 2. The van der Waals surface area contributed by atoms with E-state index in [0.717, 1.165) is 4.90 Å². The van der Waals surface area contributed by atoms with Gasteiger partial charge < -0.3 is 24.8 Å². The van der Waals surface area contributed by atoms with Crippen molar-refractivity contribution in [3.05, 3.63) is 35.4 Å². The third kappa shape index (κ3) is 4.28. The van der Waals surface area contributed by atoms with Gasteiger partial charge >= 0.3 is 0 Å². The van der Waals surface area contributed by atoms with E-state index in [2.05, 4.69) is 10.6 Å². The molecule has 0 spiro atoms. The van der Waals surface area contributed by atoms with Crippen LogP contribution in [0, 0.1) is 0 Å². The smallest absolute Gasteiger partial charge is 0.238 e. The molecule has 0 aliphatic carbocycles. The number of hydrogen-bond donors (Lipinski definition) is 2. The molecule has 0 aromatic heterocycles. The molecule has 2 N–H and O–H groups in total. The summed E-state index contributed by atoms with van der Waals surface area (Å²) in [4.78, 5) is 25.7. The van der Waals surface area contributed by atoms with Crippen LogP contribution in [0.1, 0.15) is 6.42 Å². The average Bonchev–Trinajstić information content (AvgIpc) is 2.67. The van der Waals surface area contributed by atoms with Gasteiger partial charge in [0, 0.05) is 34.2 Å². The Bertz CT molecular complexity index is 896.